The van der Waals surface area contributed by atoms with Crippen LogP contribution in [0.15, 0.2) is 42.5 Å². The van der Waals surface area contributed by atoms with Crippen LogP contribution in [0.5, 0.6) is 11.5 Å². The summed E-state index contributed by atoms with van der Waals surface area (Å²) in [4.78, 5) is 12.2. The zero-order valence-corrected chi connectivity index (χ0v) is 15.0. The Labute approximate surface area is 152 Å². The summed E-state index contributed by atoms with van der Waals surface area (Å²) in [6.07, 6.45) is 0. The molecule has 5 nitrogen and oxygen atoms in total. The monoisotopic (exact) mass is 361 g/mol. The molecule has 2 atom stereocenters. The van der Waals surface area contributed by atoms with Crippen LogP contribution in [0, 0.1) is 0 Å². The third-order valence-corrected chi connectivity index (χ3v) is 4.58. The molecule has 0 radical (unpaired) electrons. The molecule has 2 aromatic rings. The van der Waals surface area contributed by atoms with Crippen LogP contribution in [0.1, 0.15) is 37.1 Å². The fourth-order valence-electron chi connectivity index (χ4n) is 2.75. The minimum Gasteiger partial charge on any atom is -0.454 e. The van der Waals surface area contributed by atoms with Gasteiger partial charge in [0.15, 0.2) is 18.0 Å². The van der Waals surface area contributed by atoms with Crippen molar-refractivity contribution in [2.24, 2.45) is 0 Å². The molecule has 0 spiro atoms. The number of carbonyl (C=O) groups is 1. The van der Waals surface area contributed by atoms with Crippen molar-refractivity contribution < 1.29 is 19.6 Å². The number of amides is 1. The Morgan fingerprint density at radius 1 is 1.12 bits per heavy atom. The Hall–Kier alpha value is -2.24. The van der Waals surface area contributed by atoms with Gasteiger partial charge in [-0.2, -0.15) is 0 Å². The first kappa shape index (κ1) is 17.6. The van der Waals surface area contributed by atoms with E-state index in [2.05, 4.69) is 12.2 Å². The quantitative estimate of drug-likeness (QED) is 0.831. The highest BCUT2D eigenvalue weighted by molar-refractivity contribution is 6.30. The molecule has 6 heteroatoms. The van der Waals surface area contributed by atoms with Crippen molar-refractivity contribution in [3.05, 3.63) is 58.6 Å². The van der Waals surface area contributed by atoms with Crippen LogP contribution in [-0.4, -0.2) is 19.2 Å². The van der Waals surface area contributed by atoms with Gasteiger partial charge in [0.25, 0.3) is 5.91 Å². The Bertz CT molecular complexity index is 749. The van der Waals surface area contributed by atoms with E-state index in [0.717, 1.165) is 22.6 Å². The standard InChI is InChI=1S/C19H21ClN2O3/c1-12(14-3-6-16(20)7-4-14)21-10-19(23)22-13(2)15-5-8-17-18(9-15)25-11-24-17/h3-9,12-13,21H,10-11H2,1-2H3,(H,22,23)/p+1/t12-,13-/m0/s1. The molecular formula is C19H22ClN2O3+. The van der Waals surface area contributed by atoms with Crippen LogP contribution in [0.3, 0.4) is 0 Å². The van der Waals surface area contributed by atoms with Crippen molar-refractivity contribution in [3.8, 4) is 11.5 Å². The number of carbonyl (C=O) groups excluding carboxylic acids is 1. The number of nitrogens with two attached hydrogens (primary N) is 1. The van der Waals surface area contributed by atoms with Gasteiger partial charge in [-0.3, -0.25) is 4.79 Å². The SMILES string of the molecule is C[C@H](NC(=O)C[NH2+][C@@H](C)c1ccc(Cl)cc1)c1ccc2c(c1)OCO2. The van der Waals surface area contributed by atoms with Gasteiger partial charge < -0.3 is 20.1 Å². The van der Waals surface area contributed by atoms with Crippen LogP contribution in [-0.2, 0) is 4.79 Å². The highest BCUT2D eigenvalue weighted by Gasteiger charge is 2.18. The largest absolute Gasteiger partial charge is 0.454 e. The third kappa shape index (κ3) is 4.44. The molecule has 0 saturated heterocycles. The lowest BCUT2D eigenvalue weighted by Crippen LogP contribution is -2.87. The number of rotatable bonds is 6. The molecule has 1 aliphatic heterocycles. The maximum absolute atomic E-state index is 12.2. The molecule has 0 bridgehead atoms. The van der Waals surface area contributed by atoms with Gasteiger partial charge in [0, 0.05) is 10.6 Å². The fourth-order valence-corrected chi connectivity index (χ4v) is 2.88. The van der Waals surface area contributed by atoms with Crippen molar-refractivity contribution in [3.63, 3.8) is 0 Å². The molecule has 0 fully saturated rings. The Balaban J connectivity index is 1.51. The van der Waals surface area contributed by atoms with E-state index in [4.69, 9.17) is 21.1 Å². The lowest BCUT2D eigenvalue weighted by molar-refractivity contribution is -0.682. The average molecular weight is 362 g/mol. The summed E-state index contributed by atoms with van der Waals surface area (Å²) in [6.45, 7) is 4.63. The Kier molecular flexibility index (Phi) is 5.46. The first-order valence-corrected chi connectivity index (χ1v) is 8.68. The molecule has 2 aromatic carbocycles. The van der Waals surface area contributed by atoms with Crippen molar-refractivity contribution in [2.45, 2.75) is 25.9 Å². The summed E-state index contributed by atoms with van der Waals surface area (Å²) in [5.74, 6) is 1.46. The molecule has 25 heavy (non-hydrogen) atoms. The van der Waals surface area contributed by atoms with Gasteiger partial charge in [0.05, 0.1) is 6.04 Å². The number of benzene rings is 2. The topological polar surface area (TPSA) is 64.2 Å². The molecular weight excluding hydrogens is 340 g/mol. The second-order valence-electron chi connectivity index (χ2n) is 6.18. The van der Waals surface area contributed by atoms with Gasteiger partial charge in [-0.1, -0.05) is 29.8 Å². The Morgan fingerprint density at radius 3 is 2.56 bits per heavy atom. The van der Waals surface area contributed by atoms with E-state index >= 15 is 0 Å². The van der Waals surface area contributed by atoms with Crippen LogP contribution >= 0.6 is 11.6 Å². The summed E-state index contributed by atoms with van der Waals surface area (Å²) < 4.78 is 10.7. The zero-order valence-electron chi connectivity index (χ0n) is 14.3. The third-order valence-electron chi connectivity index (χ3n) is 4.33. The summed E-state index contributed by atoms with van der Waals surface area (Å²) >= 11 is 5.90. The highest BCUT2D eigenvalue weighted by atomic mass is 35.5. The maximum Gasteiger partial charge on any atom is 0.275 e. The number of halogens is 1. The predicted molar refractivity (Wildman–Crippen MR) is 95.8 cm³/mol. The summed E-state index contributed by atoms with van der Waals surface area (Å²) in [7, 11) is 0. The Morgan fingerprint density at radius 2 is 1.80 bits per heavy atom. The van der Waals surface area contributed by atoms with Crippen molar-refractivity contribution in [2.75, 3.05) is 13.3 Å². The number of fused-ring (bicyclic) bond motifs is 1. The average Bonchev–Trinajstić information content (AvgIpc) is 3.08. The van der Waals surface area contributed by atoms with E-state index in [1.54, 1.807) is 0 Å². The highest BCUT2D eigenvalue weighted by Crippen LogP contribution is 2.34. The summed E-state index contributed by atoms with van der Waals surface area (Å²) in [5.41, 5.74) is 2.13. The van der Waals surface area contributed by atoms with Gasteiger partial charge >= 0.3 is 0 Å². The molecule has 0 aliphatic carbocycles. The number of nitrogens with one attached hydrogen (secondary N) is 1. The molecule has 3 rings (SSSR count). The van der Waals surface area contributed by atoms with E-state index in [1.807, 2.05) is 54.7 Å². The van der Waals surface area contributed by atoms with Gasteiger partial charge in [-0.15, -0.1) is 0 Å². The number of ether oxygens (including phenoxy) is 2. The van der Waals surface area contributed by atoms with E-state index in [1.165, 1.54) is 0 Å². The number of quaternary nitrogens is 1. The predicted octanol–water partition coefficient (Wildman–Crippen LogP) is 2.57. The molecule has 0 aromatic heterocycles. The minimum absolute atomic E-state index is 0.00835. The first-order valence-electron chi connectivity index (χ1n) is 8.30. The molecule has 0 saturated carbocycles. The second kappa shape index (κ2) is 7.76. The van der Waals surface area contributed by atoms with Crippen molar-refractivity contribution in [1.29, 1.82) is 0 Å². The minimum atomic E-state index is -0.0961. The van der Waals surface area contributed by atoms with E-state index in [-0.39, 0.29) is 24.8 Å². The fraction of sp³-hybridized carbons (Fsp3) is 0.316. The first-order chi connectivity index (χ1) is 12.0. The van der Waals surface area contributed by atoms with Crippen LogP contribution in [0.2, 0.25) is 5.02 Å². The molecule has 0 unspecified atom stereocenters. The van der Waals surface area contributed by atoms with Gasteiger partial charge in [0.1, 0.15) is 6.04 Å². The van der Waals surface area contributed by atoms with E-state index < -0.39 is 0 Å². The van der Waals surface area contributed by atoms with Crippen LogP contribution in [0.4, 0.5) is 0 Å². The van der Waals surface area contributed by atoms with E-state index in [9.17, 15) is 4.79 Å². The normalized spacial score (nSPS) is 14.8. The maximum atomic E-state index is 12.2. The lowest BCUT2D eigenvalue weighted by Gasteiger charge is -2.16. The smallest absolute Gasteiger partial charge is 0.275 e. The van der Waals surface area contributed by atoms with Crippen molar-refractivity contribution >= 4 is 17.5 Å². The molecule has 1 heterocycles. The molecule has 3 N–H and O–H groups in total. The lowest BCUT2D eigenvalue weighted by atomic mass is 10.1. The second-order valence-corrected chi connectivity index (χ2v) is 6.62. The summed E-state index contributed by atoms with van der Waals surface area (Å²) in [5, 5.41) is 5.73. The van der Waals surface area contributed by atoms with Gasteiger partial charge in [-0.05, 0) is 43.7 Å². The molecule has 1 aliphatic rings. The summed E-state index contributed by atoms with van der Waals surface area (Å²) in [6, 6.07) is 13.5. The molecule has 132 valence electrons. The zero-order chi connectivity index (χ0) is 17.8. The van der Waals surface area contributed by atoms with Gasteiger partial charge in [0.2, 0.25) is 6.79 Å². The molecule has 1 amide bonds. The van der Waals surface area contributed by atoms with Crippen molar-refractivity contribution in [1.82, 2.24) is 5.32 Å². The van der Waals surface area contributed by atoms with E-state index in [0.29, 0.717) is 11.6 Å². The van der Waals surface area contributed by atoms with Crippen LogP contribution in [0.25, 0.3) is 0 Å². The number of hydrogen-bond donors (Lipinski definition) is 2. The number of hydrogen-bond acceptors (Lipinski definition) is 3. The van der Waals surface area contributed by atoms with Gasteiger partial charge in [-0.25, -0.2) is 0 Å². The van der Waals surface area contributed by atoms with Crippen LogP contribution < -0.4 is 20.1 Å².